The number of methoxy groups -OCH3 is 1. The Morgan fingerprint density at radius 2 is 2.03 bits per heavy atom. The SMILES string of the molecule is CCCn1c(C)cc(/C=C(\C#N)C(=O)OCC(=O)Nc2cc([N+](=O)[O-])ccc2OC)c1C. The first-order chi connectivity index (χ1) is 15.2. The van der Waals surface area contributed by atoms with E-state index in [9.17, 15) is 25.0 Å². The number of aromatic nitrogens is 1. The molecule has 1 aromatic heterocycles. The Morgan fingerprint density at radius 1 is 1.31 bits per heavy atom. The number of anilines is 1. The van der Waals surface area contributed by atoms with Gasteiger partial charge < -0.3 is 19.4 Å². The van der Waals surface area contributed by atoms with Crippen molar-refractivity contribution in [1.29, 1.82) is 5.26 Å². The van der Waals surface area contributed by atoms with Crippen molar-refractivity contribution < 1.29 is 24.0 Å². The van der Waals surface area contributed by atoms with Crippen LogP contribution in [0.5, 0.6) is 5.75 Å². The van der Waals surface area contributed by atoms with E-state index in [2.05, 4.69) is 16.8 Å². The number of aryl methyl sites for hydroxylation is 1. The summed E-state index contributed by atoms with van der Waals surface area (Å²) >= 11 is 0. The number of nitro benzene ring substituents is 1. The van der Waals surface area contributed by atoms with E-state index in [0.29, 0.717) is 0 Å². The number of carbonyl (C=O) groups excluding carboxylic acids is 2. The van der Waals surface area contributed by atoms with Crippen LogP contribution in [-0.4, -0.2) is 35.1 Å². The number of hydrogen-bond donors (Lipinski definition) is 1. The summed E-state index contributed by atoms with van der Waals surface area (Å²) in [5.74, 6) is -1.49. The van der Waals surface area contributed by atoms with Crippen LogP contribution < -0.4 is 10.1 Å². The lowest BCUT2D eigenvalue weighted by Crippen LogP contribution is -2.21. The number of nitriles is 1. The molecule has 0 aliphatic rings. The van der Waals surface area contributed by atoms with Crippen LogP contribution in [0.1, 0.15) is 30.3 Å². The zero-order chi connectivity index (χ0) is 23.8. The summed E-state index contributed by atoms with van der Waals surface area (Å²) in [6, 6.07) is 7.37. The van der Waals surface area contributed by atoms with E-state index in [1.54, 1.807) is 6.07 Å². The summed E-state index contributed by atoms with van der Waals surface area (Å²) in [6.45, 7) is 6.03. The number of hydrogen-bond acceptors (Lipinski definition) is 7. The number of rotatable bonds is 9. The van der Waals surface area contributed by atoms with E-state index in [-0.39, 0.29) is 22.7 Å². The molecule has 1 aromatic carbocycles. The Morgan fingerprint density at radius 3 is 2.62 bits per heavy atom. The summed E-state index contributed by atoms with van der Waals surface area (Å²) in [6.07, 6.45) is 2.37. The molecule has 0 saturated carbocycles. The average molecular weight is 440 g/mol. The molecule has 0 saturated heterocycles. The fourth-order valence-corrected chi connectivity index (χ4v) is 3.14. The number of ether oxygens (including phenoxy) is 2. The minimum Gasteiger partial charge on any atom is -0.495 e. The molecule has 1 amide bonds. The number of nitro groups is 1. The lowest BCUT2D eigenvalue weighted by Gasteiger charge is -2.10. The summed E-state index contributed by atoms with van der Waals surface area (Å²) in [4.78, 5) is 34.8. The average Bonchev–Trinajstić information content (AvgIpc) is 3.03. The summed E-state index contributed by atoms with van der Waals surface area (Å²) in [5, 5.41) is 22.7. The standard InChI is InChI=1S/C22H24N4O6/c1-5-8-25-14(2)9-16(15(25)3)10-17(12-23)22(28)32-13-21(27)24-19-11-18(26(29)30)6-7-20(19)31-4/h6-7,9-11H,5,8,13H2,1-4H3,(H,24,27)/b17-10+. The smallest absolute Gasteiger partial charge is 0.349 e. The summed E-state index contributed by atoms with van der Waals surface area (Å²) < 4.78 is 12.1. The predicted molar refractivity (Wildman–Crippen MR) is 117 cm³/mol. The molecular formula is C22H24N4O6. The van der Waals surface area contributed by atoms with Crippen LogP contribution in [0, 0.1) is 35.3 Å². The molecule has 2 rings (SSSR count). The molecule has 32 heavy (non-hydrogen) atoms. The molecule has 2 aromatic rings. The third-order valence-electron chi connectivity index (χ3n) is 4.70. The van der Waals surface area contributed by atoms with Gasteiger partial charge in [0.05, 0.1) is 17.7 Å². The molecule has 168 valence electrons. The van der Waals surface area contributed by atoms with E-state index in [4.69, 9.17) is 9.47 Å². The maximum atomic E-state index is 12.3. The number of nitrogens with zero attached hydrogens (tertiary/aromatic N) is 3. The van der Waals surface area contributed by atoms with E-state index in [1.165, 1.54) is 25.3 Å². The zero-order valence-electron chi connectivity index (χ0n) is 18.3. The third-order valence-corrected chi connectivity index (χ3v) is 4.70. The molecule has 10 heteroatoms. The van der Waals surface area contributed by atoms with Gasteiger partial charge in [0.2, 0.25) is 0 Å². The molecule has 0 atom stereocenters. The summed E-state index contributed by atoms with van der Waals surface area (Å²) in [7, 11) is 1.35. The molecule has 1 heterocycles. The Bertz CT molecular complexity index is 1110. The van der Waals surface area contributed by atoms with Crippen LogP contribution in [-0.2, 0) is 20.9 Å². The second-order valence-electron chi connectivity index (χ2n) is 6.91. The van der Waals surface area contributed by atoms with Gasteiger partial charge in [-0.2, -0.15) is 5.26 Å². The third kappa shape index (κ3) is 5.72. The van der Waals surface area contributed by atoms with Crippen LogP contribution in [0.4, 0.5) is 11.4 Å². The quantitative estimate of drug-likeness (QED) is 0.207. The number of carbonyl (C=O) groups is 2. The van der Waals surface area contributed by atoms with Gasteiger partial charge in [-0.1, -0.05) is 6.92 Å². The van der Waals surface area contributed by atoms with Gasteiger partial charge in [0, 0.05) is 30.1 Å². The fourth-order valence-electron chi connectivity index (χ4n) is 3.14. The zero-order valence-corrected chi connectivity index (χ0v) is 18.3. The second kappa shape index (κ2) is 10.8. The molecule has 0 fully saturated rings. The monoisotopic (exact) mass is 440 g/mol. The van der Waals surface area contributed by atoms with Crippen molar-refractivity contribution >= 4 is 29.3 Å². The molecule has 0 bridgehead atoms. The van der Waals surface area contributed by atoms with E-state index >= 15 is 0 Å². The lowest BCUT2D eigenvalue weighted by atomic mass is 10.1. The maximum Gasteiger partial charge on any atom is 0.349 e. The van der Waals surface area contributed by atoms with Gasteiger partial charge in [-0.3, -0.25) is 14.9 Å². The molecule has 0 radical (unpaired) electrons. The number of amides is 1. The number of esters is 1. The molecule has 1 N–H and O–H groups in total. The van der Waals surface area contributed by atoms with E-state index in [1.807, 2.05) is 19.9 Å². The van der Waals surface area contributed by atoms with Crippen molar-refractivity contribution in [2.24, 2.45) is 0 Å². The number of benzene rings is 1. The summed E-state index contributed by atoms with van der Waals surface area (Å²) in [5.41, 5.74) is 2.21. The first-order valence-electron chi connectivity index (χ1n) is 9.79. The van der Waals surface area contributed by atoms with Crippen molar-refractivity contribution in [2.45, 2.75) is 33.7 Å². The highest BCUT2D eigenvalue weighted by molar-refractivity contribution is 6.00. The van der Waals surface area contributed by atoms with Gasteiger partial charge in [0.25, 0.3) is 11.6 Å². The van der Waals surface area contributed by atoms with Crippen molar-refractivity contribution in [2.75, 3.05) is 19.0 Å². The normalized spacial score (nSPS) is 10.9. The lowest BCUT2D eigenvalue weighted by molar-refractivity contribution is -0.384. The second-order valence-corrected chi connectivity index (χ2v) is 6.91. The Hall–Kier alpha value is -4.13. The Kier molecular flexibility index (Phi) is 8.12. The fraction of sp³-hybridized carbons (Fsp3) is 0.318. The van der Waals surface area contributed by atoms with Crippen molar-refractivity contribution in [3.63, 3.8) is 0 Å². The number of non-ortho nitro benzene ring substituents is 1. The number of nitrogens with one attached hydrogen (secondary N) is 1. The maximum absolute atomic E-state index is 12.3. The van der Waals surface area contributed by atoms with E-state index in [0.717, 1.165) is 36.0 Å². The highest BCUT2D eigenvalue weighted by atomic mass is 16.6. The Balaban J connectivity index is 2.10. The topological polar surface area (TPSA) is 136 Å². The van der Waals surface area contributed by atoms with Crippen LogP contribution in [0.2, 0.25) is 0 Å². The van der Waals surface area contributed by atoms with Gasteiger partial charge >= 0.3 is 5.97 Å². The van der Waals surface area contributed by atoms with Crippen LogP contribution >= 0.6 is 0 Å². The van der Waals surface area contributed by atoms with Gasteiger partial charge in [-0.25, -0.2) is 4.79 Å². The van der Waals surface area contributed by atoms with Crippen molar-refractivity contribution in [3.8, 4) is 11.8 Å². The van der Waals surface area contributed by atoms with E-state index < -0.39 is 23.4 Å². The molecular weight excluding hydrogens is 416 g/mol. The van der Waals surface area contributed by atoms with Gasteiger partial charge in [-0.05, 0) is 44.0 Å². The first kappa shape index (κ1) is 24.1. The van der Waals surface area contributed by atoms with Gasteiger partial charge in [-0.15, -0.1) is 0 Å². The minimum atomic E-state index is -0.950. The first-order valence-corrected chi connectivity index (χ1v) is 9.79. The minimum absolute atomic E-state index is 0.0576. The molecule has 0 unspecified atom stereocenters. The van der Waals surface area contributed by atoms with Crippen molar-refractivity contribution in [1.82, 2.24) is 4.57 Å². The predicted octanol–water partition coefficient (Wildman–Crippen LogP) is 3.52. The van der Waals surface area contributed by atoms with Gasteiger partial charge in [0.15, 0.2) is 6.61 Å². The molecule has 0 aliphatic carbocycles. The highest BCUT2D eigenvalue weighted by Crippen LogP contribution is 2.28. The van der Waals surface area contributed by atoms with Crippen LogP contribution in [0.15, 0.2) is 29.8 Å². The van der Waals surface area contributed by atoms with Crippen LogP contribution in [0.25, 0.3) is 6.08 Å². The van der Waals surface area contributed by atoms with Crippen molar-refractivity contribution in [3.05, 3.63) is 56.9 Å². The Labute approximate surface area is 185 Å². The van der Waals surface area contributed by atoms with Crippen LogP contribution in [0.3, 0.4) is 0 Å². The largest absolute Gasteiger partial charge is 0.495 e. The molecule has 0 aliphatic heterocycles. The highest BCUT2D eigenvalue weighted by Gasteiger charge is 2.17. The van der Waals surface area contributed by atoms with Gasteiger partial charge in [0.1, 0.15) is 17.4 Å². The molecule has 0 spiro atoms. The molecule has 10 nitrogen and oxygen atoms in total.